The van der Waals surface area contributed by atoms with Gasteiger partial charge in [-0.05, 0) is 44.7 Å². The molecule has 0 saturated carbocycles. The Morgan fingerprint density at radius 3 is 2.53 bits per heavy atom. The van der Waals surface area contributed by atoms with Crippen LogP contribution in [0.15, 0.2) is 18.2 Å². The van der Waals surface area contributed by atoms with Crippen LogP contribution in [0.3, 0.4) is 0 Å². The highest BCUT2D eigenvalue weighted by Gasteiger charge is 2.22. The van der Waals surface area contributed by atoms with Crippen LogP contribution in [-0.4, -0.2) is 40.9 Å². The van der Waals surface area contributed by atoms with Crippen molar-refractivity contribution in [2.45, 2.75) is 25.9 Å². The fraction of sp³-hybridized carbons (Fsp3) is 0.467. The van der Waals surface area contributed by atoms with Crippen molar-refractivity contribution in [1.29, 1.82) is 0 Å². The monoisotopic (exact) mass is 265 g/mol. The Hall–Kier alpha value is -1.41. The topological polar surface area (TPSA) is 43.7 Å². The van der Waals surface area contributed by atoms with Gasteiger partial charge in [-0.25, -0.2) is 4.39 Å². The maximum Gasteiger partial charge on any atom is 0.124 e. The highest BCUT2D eigenvalue weighted by molar-refractivity contribution is 5.37. The van der Waals surface area contributed by atoms with Crippen molar-refractivity contribution in [2.24, 2.45) is 0 Å². The molecule has 1 aromatic rings. The molecular formula is C15H20FNO2. The Labute approximate surface area is 113 Å². The minimum Gasteiger partial charge on any atom is -0.394 e. The Balaban J connectivity index is 2.93. The highest BCUT2D eigenvalue weighted by atomic mass is 19.1. The summed E-state index contributed by atoms with van der Waals surface area (Å²) in [5.74, 6) is 4.84. The summed E-state index contributed by atoms with van der Waals surface area (Å²) in [7, 11) is 1.88. The lowest BCUT2D eigenvalue weighted by Crippen LogP contribution is -2.43. The van der Waals surface area contributed by atoms with E-state index in [9.17, 15) is 9.50 Å². The lowest BCUT2D eigenvalue weighted by molar-refractivity contribution is 0.0733. The first-order valence-corrected chi connectivity index (χ1v) is 6.10. The van der Waals surface area contributed by atoms with Crippen LogP contribution >= 0.6 is 0 Å². The maximum absolute atomic E-state index is 13.5. The Morgan fingerprint density at radius 1 is 1.26 bits per heavy atom. The second-order valence-corrected chi connectivity index (χ2v) is 5.13. The van der Waals surface area contributed by atoms with E-state index in [1.807, 2.05) is 25.8 Å². The number of rotatable bonds is 4. The molecule has 0 aliphatic rings. The molecule has 0 radical (unpaired) electrons. The molecule has 1 aromatic carbocycles. The Morgan fingerprint density at radius 2 is 1.95 bits per heavy atom. The fourth-order valence-electron chi connectivity index (χ4n) is 1.56. The summed E-state index contributed by atoms with van der Waals surface area (Å²) in [5.41, 5.74) is 0.953. The maximum atomic E-state index is 13.5. The number of aliphatic hydroxyl groups excluding tert-OH is 2. The molecular weight excluding hydrogens is 245 g/mol. The Kier molecular flexibility index (Phi) is 5.49. The number of halogens is 1. The molecule has 2 N–H and O–H groups in total. The number of benzene rings is 1. The van der Waals surface area contributed by atoms with Gasteiger partial charge in [-0.3, -0.25) is 4.90 Å². The van der Waals surface area contributed by atoms with Gasteiger partial charge in [-0.1, -0.05) is 11.8 Å². The summed E-state index contributed by atoms with van der Waals surface area (Å²) in [4.78, 5) is 1.95. The van der Waals surface area contributed by atoms with Gasteiger partial charge in [0.2, 0.25) is 0 Å². The van der Waals surface area contributed by atoms with Crippen molar-refractivity contribution < 1.29 is 14.6 Å². The first-order valence-electron chi connectivity index (χ1n) is 6.10. The van der Waals surface area contributed by atoms with Crippen molar-refractivity contribution in [3.05, 3.63) is 35.1 Å². The Bertz CT molecular complexity index is 489. The zero-order chi connectivity index (χ0) is 14.5. The van der Waals surface area contributed by atoms with E-state index in [-0.39, 0.29) is 24.6 Å². The summed E-state index contributed by atoms with van der Waals surface area (Å²) in [6.45, 7) is 4.12. The summed E-state index contributed by atoms with van der Waals surface area (Å²) < 4.78 is 13.5. The molecule has 0 saturated heterocycles. The molecule has 0 aliphatic heterocycles. The molecule has 0 fully saturated rings. The largest absolute Gasteiger partial charge is 0.394 e. The van der Waals surface area contributed by atoms with E-state index in [0.717, 1.165) is 5.56 Å². The predicted octanol–water partition coefficient (Wildman–Crippen LogP) is 1.37. The van der Waals surface area contributed by atoms with Gasteiger partial charge in [0, 0.05) is 17.6 Å². The van der Waals surface area contributed by atoms with Gasteiger partial charge in [-0.15, -0.1) is 0 Å². The van der Waals surface area contributed by atoms with Gasteiger partial charge in [-0.2, -0.15) is 0 Å². The van der Waals surface area contributed by atoms with Gasteiger partial charge in [0.25, 0.3) is 0 Å². The van der Waals surface area contributed by atoms with Crippen LogP contribution in [0.4, 0.5) is 4.39 Å². The van der Waals surface area contributed by atoms with E-state index in [2.05, 4.69) is 11.8 Å². The van der Waals surface area contributed by atoms with Crippen LogP contribution in [0.1, 0.15) is 25.0 Å². The zero-order valence-corrected chi connectivity index (χ0v) is 11.6. The molecule has 19 heavy (non-hydrogen) atoms. The summed E-state index contributed by atoms with van der Waals surface area (Å²) in [6, 6.07) is 4.58. The lowest BCUT2D eigenvalue weighted by atomic mass is 10.0. The molecule has 3 nitrogen and oxygen atoms in total. The smallest absolute Gasteiger partial charge is 0.124 e. The van der Waals surface area contributed by atoms with Crippen molar-refractivity contribution >= 4 is 0 Å². The van der Waals surface area contributed by atoms with Gasteiger partial charge in [0.05, 0.1) is 6.61 Å². The minimum atomic E-state index is -0.372. The normalized spacial score (nSPS) is 11.3. The van der Waals surface area contributed by atoms with Crippen LogP contribution in [-0.2, 0) is 6.54 Å². The third kappa shape index (κ3) is 4.64. The molecule has 0 atom stereocenters. The van der Waals surface area contributed by atoms with Crippen LogP contribution in [0.2, 0.25) is 0 Å². The third-order valence-electron chi connectivity index (χ3n) is 3.11. The van der Waals surface area contributed by atoms with Crippen LogP contribution < -0.4 is 0 Å². The predicted molar refractivity (Wildman–Crippen MR) is 73.0 cm³/mol. The fourth-order valence-corrected chi connectivity index (χ4v) is 1.56. The van der Waals surface area contributed by atoms with E-state index < -0.39 is 0 Å². The van der Waals surface area contributed by atoms with E-state index in [4.69, 9.17) is 5.11 Å². The molecule has 104 valence electrons. The standard InChI is InChI=1S/C15H20FNO2/c1-15(2,11-19)17(3)10-13-7-12(5-4-6-18)8-14(16)9-13/h7-9,18-19H,6,10-11H2,1-3H3. The number of nitrogens with zero attached hydrogens (tertiary/aromatic N) is 1. The van der Waals surface area contributed by atoms with E-state index in [1.54, 1.807) is 6.07 Å². The molecule has 0 amide bonds. The summed E-state index contributed by atoms with van der Waals surface area (Å²) in [6.07, 6.45) is 0. The van der Waals surface area contributed by atoms with Crippen molar-refractivity contribution in [3.8, 4) is 11.8 Å². The van der Waals surface area contributed by atoms with Crippen molar-refractivity contribution in [2.75, 3.05) is 20.3 Å². The molecule has 1 rings (SSSR count). The molecule has 0 spiro atoms. The first kappa shape index (κ1) is 15.6. The number of likely N-dealkylation sites (N-methyl/N-ethyl adjacent to an activating group) is 1. The minimum absolute atomic E-state index is 0.0238. The first-order chi connectivity index (χ1) is 8.89. The van der Waals surface area contributed by atoms with Gasteiger partial charge < -0.3 is 10.2 Å². The zero-order valence-electron chi connectivity index (χ0n) is 11.6. The highest BCUT2D eigenvalue weighted by Crippen LogP contribution is 2.17. The second kappa shape index (κ2) is 6.67. The lowest BCUT2D eigenvalue weighted by Gasteiger charge is -2.33. The molecule has 0 unspecified atom stereocenters. The quantitative estimate of drug-likeness (QED) is 0.808. The van der Waals surface area contributed by atoms with Crippen molar-refractivity contribution in [1.82, 2.24) is 4.90 Å². The van der Waals surface area contributed by atoms with Gasteiger partial charge in [0.15, 0.2) is 0 Å². The molecule has 0 aliphatic carbocycles. The second-order valence-electron chi connectivity index (χ2n) is 5.13. The van der Waals surface area contributed by atoms with Crippen LogP contribution in [0.5, 0.6) is 0 Å². The molecule has 4 heteroatoms. The van der Waals surface area contributed by atoms with Gasteiger partial charge >= 0.3 is 0 Å². The SMILES string of the molecule is CN(Cc1cc(F)cc(C#CCO)c1)C(C)(C)CO. The summed E-state index contributed by atoms with van der Waals surface area (Å²) >= 11 is 0. The van der Waals surface area contributed by atoms with E-state index >= 15 is 0 Å². The van der Waals surface area contributed by atoms with Crippen molar-refractivity contribution in [3.63, 3.8) is 0 Å². The van der Waals surface area contributed by atoms with Crippen LogP contribution in [0, 0.1) is 17.7 Å². The average molecular weight is 265 g/mol. The summed E-state index contributed by atoms with van der Waals surface area (Å²) in [5, 5.41) is 17.9. The number of hydrogen-bond donors (Lipinski definition) is 2. The number of hydrogen-bond acceptors (Lipinski definition) is 3. The van der Waals surface area contributed by atoms with E-state index in [0.29, 0.717) is 12.1 Å². The molecule has 0 aromatic heterocycles. The van der Waals surface area contributed by atoms with Gasteiger partial charge in [0.1, 0.15) is 12.4 Å². The molecule has 0 bridgehead atoms. The third-order valence-corrected chi connectivity index (χ3v) is 3.11. The molecule has 0 heterocycles. The average Bonchev–Trinajstić information content (AvgIpc) is 2.35. The van der Waals surface area contributed by atoms with Crippen LogP contribution in [0.25, 0.3) is 0 Å². The van der Waals surface area contributed by atoms with E-state index in [1.165, 1.54) is 12.1 Å². The number of aliphatic hydroxyl groups is 2.